The van der Waals surface area contributed by atoms with Crippen molar-refractivity contribution in [1.82, 2.24) is 5.32 Å². The number of hydrogen-bond donors (Lipinski definition) is 2. The van der Waals surface area contributed by atoms with Crippen molar-refractivity contribution in [1.29, 1.82) is 0 Å². The van der Waals surface area contributed by atoms with Gasteiger partial charge >= 0.3 is 0 Å². The monoisotopic (exact) mass is 158 g/mol. The molecule has 0 aliphatic carbocycles. The van der Waals surface area contributed by atoms with E-state index in [1.54, 1.807) is 13.8 Å². The Balaban J connectivity index is 3.91. The fraction of sp³-hybridized carbons (Fsp3) is 0.714. The molecule has 0 unspecified atom stereocenters. The zero-order chi connectivity index (χ0) is 8.91. The van der Waals surface area contributed by atoms with Crippen molar-refractivity contribution in [3.63, 3.8) is 0 Å². The number of aliphatic hydroxyl groups is 1. The maximum absolute atomic E-state index is 11.1. The van der Waals surface area contributed by atoms with Crippen LogP contribution in [0.25, 0.3) is 0 Å². The first-order chi connectivity index (χ1) is 5.04. The lowest BCUT2D eigenvalue weighted by molar-refractivity contribution is -0.125. The molecule has 0 radical (unpaired) electrons. The first-order valence-corrected chi connectivity index (χ1v) is 3.41. The molecule has 0 saturated carbocycles. The van der Waals surface area contributed by atoms with Gasteiger partial charge in [0, 0.05) is 6.54 Å². The van der Waals surface area contributed by atoms with Crippen LogP contribution in [0.3, 0.4) is 0 Å². The first kappa shape index (κ1) is 10.1. The molecule has 0 fully saturated rings. The van der Waals surface area contributed by atoms with E-state index in [1.807, 2.05) is 0 Å². The Hall–Kier alpha value is -0.900. The van der Waals surface area contributed by atoms with Gasteiger partial charge in [0.15, 0.2) is 0 Å². The summed E-state index contributed by atoms with van der Waals surface area (Å²) < 4.78 is 0. The number of carbonyl (C=O) groups excluding carboxylic acids is 1. The second kappa shape index (κ2) is 4.08. The van der Waals surface area contributed by atoms with Gasteiger partial charge < -0.3 is 10.4 Å². The highest BCUT2D eigenvalue weighted by molar-refractivity contribution is 5.86. The van der Waals surface area contributed by atoms with Crippen molar-refractivity contribution < 1.29 is 9.90 Å². The van der Waals surface area contributed by atoms with Gasteiger partial charge in [-0.3, -0.25) is 9.79 Å². The highest BCUT2D eigenvalue weighted by Gasteiger charge is 2.24. The van der Waals surface area contributed by atoms with E-state index in [9.17, 15) is 4.79 Å². The molecule has 0 aliphatic rings. The third-order valence-corrected chi connectivity index (χ3v) is 1.35. The Morgan fingerprint density at radius 2 is 2.27 bits per heavy atom. The van der Waals surface area contributed by atoms with Crippen LogP contribution < -0.4 is 5.32 Å². The van der Waals surface area contributed by atoms with Gasteiger partial charge in [-0.05, 0) is 20.6 Å². The zero-order valence-electron chi connectivity index (χ0n) is 6.92. The molecule has 0 bridgehead atoms. The van der Waals surface area contributed by atoms with E-state index in [4.69, 9.17) is 5.11 Å². The molecule has 0 rings (SSSR count). The maximum Gasteiger partial charge on any atom is 0.247 e. The Kier molecular flexibility index (Phi) is 3.74. The number of aliphatic imine (C=N–C) groups is 1. The average molecular weight is 158 g/mol. The van der Waals surface area contributed by atoms with E-state index in [1.165, 1.54) is 0 Å². The molecule has 0 saturated heterocycles. The number of amides is 1. The summed E-state index contributed by atoms with van der Waals surface area (Å²) in [6, 6.07) is 0. The maximum atomic E-state index is 11.1. The number of nitrogens with zero attached hydrogens (tertiary/aromatic N) is 1. The first-order valence-electron chi connectivity index (χ1n) is 3.41. The number of hydrogen-bond acceptors (Lipinski definition) is 3. The van der Waals surface area contributed by atoms with E-state index >= 15 is 0 Å². The summed E-state index contributed by atoms with van der Waals surface area (Å²) in [5, 5.41) is 10.9. The number of nitrogens with one attached hydrogen (secondary N) is 1. The van der Waals surface area contributed by atoms with E-state index in [0.717, 1.165) is 0 Å². The van der Waals surface area contributed by atoms with Gasteiger partial charge in [-0.25, -0.2) is 0 Å². The molecule has 0 aromatic carbocycles. The Morgan fingerprint density at radius 3 is 2.64 bits per heavy atom. The van der Waals surface area contributed by atoms with Crippen molar-refractivity contribution in [2.45, 2.75) is 19.4 Å². The second-order valence-corrected chi connectivity index (χ2v) is 2.70. The minimum absolute atomic E-state index is 0.0566. The van der Waals surface area contributed by atoms with Gasteiger partial charge in [0.1, 0.15) is 5.54 Å². The number of aliphatic hydroxyl groups excluding tert-OH is 1. The molecule has 0 aromatic heterocycles. The van der Waals surface area contributed by atoms with E-state index in [0.29, 0.717) is 0 Å². The zero-order valence-corrected chi connectivity index (χ0v) is 6.92. The van der Waals surface area contributed by atoms with Gasteiger partial charge in [-0.1, -0.05) is 0 Å². The lowest BCUT2D eigenvalue weighted by atomic mass is 10.1. The van der Waals surface area contributed by atoms with Gasteiger partial charge in [0.25, 0.3) is 0 Å². The fourth-order valence-corrected chi connectivity index (χ4v) is 0.458. The molecule has 0 aliphatic heterocycles. The van der Waals surface area contributed by atoms with Crippen LogP contribution in [-0.4, -0.2) is 36.4 Å². The van der Waals surface area contributed by atoms with Crippen molar-refractivity contribution in [3.05, 3.63) is 0 Å². The molecule has 0 atom stereocenters. The fourth-order valence-electron chi connectivity index (χ4n) is 0.458. The molecule has 11 heavy (non-hydrogen) atoms. The molecule has 2 N–H and O–H groups in total. The Bertz CT molecular complexity index is 155. The third-order valence-electron chi connectivity index (χ3n) is 1.35. The van der Waals surface area contributed by atoms with Crippen LogP contribution in [-0.2, 0) is 4.79 Å². The number of rotatable bonds is 4. The van der Waals surface area contributed by atoms with Crippen LogP contribution in [0.5, 0.6) is 0 Å². The summed E-state index contributed by atoms with van der Waals surface area (Å²) in [6.45, 7) is 6.81. The van der Waals surface area contributed by atoms with Crippen LogP contribution >= 0.6 is 0 Å². The summed E-state index contributed by atoms with van der Waals surface area (Å²) in [5.74, 6) is -0.221. The van der Waals surface area contributed by atoms with Crippen molar-refractivity contribution >= 4 is 12.6 Å². The molecule has 64 valence electrons. The molecule has 1 amide bonds. The van der Waals surface area contributed by atoms with Gasteiger partial charge in [-0.2, -0.15) is 0 Å². The van der Waals surface area contributed by atoms with Gasteiger partial charge in [0.2, 0.25) is 5.91 Å². The second-order valence-electron chi connectivity index (χ2n) is 2.70. The summed E-state index contributed by atoms with van der Waals surface area (Å²) in [7, 11) is 0. The van der Waals surface area contributed by atoms with Crippen LogP contribution in [0.4, 0.5) is 0 Å². The van der Waals surface area contributed by atoms with Gasteiger partial charge in [-0.15, -0.1) is 0 Å². The van der Waals surface area contributed by atoms with Crippen molar-refractivity contribution in [2.24, 2.45) is 4.99 Å². The lowest BCUT2D eigenvalue weighted by Crippen LogP contribution is -2.41. The Labute approximate surface area is 66.3 Å². The lowest BCUT2D eigenvalue weighted by Gasteiger charge is -2.17. The molecular formula is C7H14N2O2. The van der Waals surface area contributed by atoms with Gasteiger partial charge in [0.05, 0.1) is 6.61 Å². The van der Waals surface area contributed by atoms with Crippen LogP contribution in [0, 0.1) is 0 Å². The van der Waals surface area contributed by atoms with Crippen LogP contribution in [0.2, 0.25) is 0 Å². The van der Waals surface area contributed by atoms with Crippen LogP contribution in [0.1, 0.15) is 13.8 Å². The summed E-state index contributed by atoms with van der Waals surface area (Å²) in [4.78, 5) is 14.7. The van der Waals surface area contributed by atoms with E-state index < -0.39 is 5.54 Å². The summed E-state index contributed by atoms with van der Waals surface area (Å²) >= 11 is 0. The predicted molar refractivity (Wildman–Crippen MR) is 43.7 cm³/mol. The number of carbonyl (C=O) groups is 1. The van der Waals surface area contributed by atoms with Crippen LogP contribution in [0.15, 0.2) is 4.99 Å². The molecule has 0 heterocycles. The van der Waals surface area contributed by atoms with E-state index in [-0.39, 0.29) is 19.1 Å². The molecule has 0 spiro atoms. The topological polar surface area (TPSA) is 61.7 Å². The highest BCUT2D eigenvalue weighted by atomic mass is 16.3. The standard InChI is InChI=1S/C7H14N2O2/c1-7(2,8-3)6(11)9-4-5-10/h10H,3-5H2,1-2H3,(H,9,11). The smallest absolute Gasteiger partial charge is 0.247 e. The molecular weight excluding hydrogens is 144 g/mol. The molecule has 4 heteroatoms. The highest BCUT2D eigenvalue weighted by Crippen LogP contribution is 2.06. The molecule has 0 aromatic rings. The summed E-state index contributed by atoms with van der Waals surface area (Å²) in [5.41, 5.74) is -0.796. The van der Waals surface area contributed by atoms with Crippen molar-refractivity contribution in [3.8, 4) is 0 Å². The van der Waals surface area contributed by atoms with Crippen molar-refractivity contribution in [2.75, 3.05) is 13.2 Å². The minimum Gasteiger partial charge on any atom is -0.395 e. The average Bonchev–Trinajstić information content (AvgIpc) is 2.00. The minimum atomic E-state index is -0.796. The third kappa shape index (κ3) is 3.13. The largest absolute Gasteiger partial charge is 0.395 e. The normalized spacial score (nSPS) is 10.8. The predicted octanol–water partition coefficient (Wildman–Crippen LogP) is -0.426. The van der Waals surface area contributed by atoms with E-state index in [2.05, 4.69) is 17.0 Å². The quantitative estimate of drug-likeness (QED) is 0.545. The summed E-state index contributed by atoms with van der Waals surface area (Å²) in [6.07, 6.45) is 0. The SMILES string of the molecule is C=NC(C)(C)C(=O)NCCO. The Morgan fingerprint density at radius 1 is 1.73 bits per heavy atom. The molecule has 4 nitrogen and oxygen atoms in total.